The highest BCUT2D eigenvalue weighted by atomic mass is 16.7. The number of para-hydroxylation sites is 1. The molecule has 0 aliphatic carbocycles. The summed E-state index contributed by atoms with van der Waals surface area (Å²) in [5.74, 6) is 1.43. The minimum atomic E-state index is -0.0913. The van der Waals surface area contributed by atoms with E-state index in [1.54, 1.807) is 4.68 Å². The molecule has 24 heavy (non-hydrogen) atoms. The predicted octanol–water partition coefficient (Wildman–Crippen LogP) is 1.52. The zero-order chi connectivity index (χ0) is 16.4. The van der Waals surface area contributed by atoms with Gasteiger partial charge in [0, 0.05) is 6.54 Å². The highest BCUT2D eigenvalue weighted by Crippen LogP contribution is 2.32. The van der Waals surface area contributed by atoms with Crippen molar-refractivity contribution in [3.63, 3.8) is 0 Å². The summed E-state index contributed by atoms with van der Waals surface area (Å²) in [6.07, 6.45) is 0.723. The van der Waals surface area contributed by atoms with Crippen molar-refractivity contribution in [1.82, 2.24) is 20.3 Å². The topological polar surface area (TPSA) is 78.3 Å². The van der Waals surface area contributed by atoms with Gasteiger partial charge in [0.05, 0.1) is 5.52 Å². The maximum atomic E-state index is 12.1. The lowest BCUT2D eigenvalue weighted by Gasteiger charge is -2.06. The van der Waals surface area contributed by atoms with Crippen LogP contribution in [0.1, 0.15) is 5.56 Å². The minimum absolute atomic E-state index is 0.0913. The third-order valence-corrected chi connectivity index (χ3v) is 3.89. The van der Waals surface area contributed by atoms with Crippen LogP contribution in [0.4, 0.5) is 0 Å². The fraction of sp³-hybridized carbons (Fsp3) is 0.235. The van der Waals surface area contributed by atoms with Gasteiger partial charge in [0.15, 0.2) is 11.5 Å². The molecule has 3 aromatic rings. The highest BCUT2D eigenvalue weighted by Gasteiger charge is 2.13. The van der Waals surface area contributed by atoms with Crippen molar-refractivity contribution >= 4 is 16.9 Å². The number of carbonyl (C=O) groups excluding carboxylic acids is 1. The lowest BCUT2D eigenvalue weighted by molar-refractivity contribution is -0.121. The normalized spacial score (nSPS) is 12.5. The first-order valence-corrected chi connectivity index (χ1v) is 7.73. The molecule has 4 rings (SSSR count). The Labute approximate surface area is 138 Å². The fourth-order valence-corrected chi connectivity index (χ4v) is 2.67. The minimum Gasteiger partial charge on any atom is -0.454 e. The number of hydrogen-bond donors (Lipinski definition) is 1. The molecule has 2 aromatic carbocycles. The van der Waals surface area contributed by atoms with E-state index in [1.165, 1.54) is 0 Å². The quantitative estimate of drug-likeness (QED) is 0.770. The molecule has 0 saturated carbocycles. The van der Waals surface area contributed by atoms with Crippen molar-refractivity contribution in [1.29, 1.82) is 0 Å². The largest absolute Gasteiger partial charge is 0.454 e. The third kappa shape index (κ3) is 2.88. The van der Waals surface area contributed by atoms with Crippen LogP contribution in [0.5, 0.6) is 11.5 Å². The number of hydrogen-bond acceptors (Lipinski definition) is 5. The summed E-state index contributed by atoms with van der Waals surface area (Å²) in [6.45, 7) is 0.966. The molecule has 7 nitrogen and oxygen atoms in total. The van der Waals surface area contributed by atoms with Crippen molar-refractivity contribution in [2.24, 2.45) is 0 Å². The van der Waals surface area contributed by atoms with Gasteiger partial charge >= 0.3 is 0 Å². The SMILES string of the molecule is O=C(Cn1nnc2ccccc21)NCCc1ccc2c(c1)OCO2. The second-order valence-electron chi connectivity index (χ2n) is 5.52. The fourth-order valence-electron chi connectivity index (χ4n) is 2.67. The van der Waals surface area contributed by atoms with Crippen LogP contribution in [0.15, 0.2) is 42.5 Å². The highest BCUT2D eigenvalue weighted by molar-refractivity contribution is 5.79. The second-order valence-corrected chi connectivity index (χ2v) is 5.52. The Kier molecular flexibility index (Phi) is 3.74. The van der Waals surface area contributed by atoms with Crippen LogP contribution in [0.25, 0.3) is 11.0 Å². The lowest BCUT2D eigenvalue weighted by Crippen LogP contribution is -2.29. The summed E-state index contributed by atoms with van der Waals surface area (Å²) in [4.78, 5) is 12.1. The Morgan fingerprint density at radius 2 is 2.04 bits per heavy atom. The van der Waals surface area contributed by atoms with Gasteiger partial charge in [-0.2, -0.15) is 0 Å². The Morgan fingerprint density at radius 1 is 1.17 bits per heavy atom. The number of aromatic nitrogens is 3. The number of nitrogens with zero attached hydrogens (tertiary/aromatic N) is 3. The maximum absolute atomic E-state index is 12.1. The first kappa shape index (κ1) is 14.5. The van der Waals surface area contributed by atoms with Gasteiger partial charge in [-0.1, -0.05) is 23.4 Å². The van der Waals surface area contributed by atoms with Gasteiger partial charge in [-0.15, -0.1) is 5.10 Å². The average Bonchev–Trinajstić information content (AvgIpc) is 3.22. The first-order valence-electron chi connectivity index (χ1n) is 7.73. The van der Waals surface area contributed by atoms with Crippen LogP contribution in [0, 0.1) is 0 Å². The second kappa shape index (κ2) is 6.19. The van der Waals surface area contributed by atoms with E-state index >= 15 is 0 Å². The molecule has 0 spiro atoms. The maximum Gasteiger partial charge on any atom is 0.241 e. The molecule has 0 bridgehead atoms. The molecule has 1 aromatic heterocycles. The summed E-state index contributed by atoms with van der Waals surface area (Å²) in [5.41, 5.74) is 2.72. The van der Waals surface area contributed by atoms with Crippen molar-refractivity contribution in [3.8, 4) is 11.5 Å². The van der Waals surface area contributed by atoms with Crippen LogP contribution in [0.3, 0.4) is 0 Å². The third-order valence-electron chi connectivity index (χ3n) is 3.89. The van der Waals surface area contributed by atoms with E-state index in [1.807, 2.05) is 42.5 Å². The van der Waals surface area contributed by atoms with Crippen molar-refractivity contribution < 1.29 is 14.3 Å². The lowest BCUT2D eigenvalue weighted by atomic mass is 10.1. The summed E-state index contributed by atoms with van der Waals surface area (Å²) >= 11 is 0. The Bertz CT molecular complexity index is 890. The molecule has 122 valence electrons. The molecule has 0 atom stereocenters. The number of rotatable bonds is 5. The monoisotopic (exact) mass is 324 g/mol. The van der Waals surface area contributed by atoms with Gasteiger partial charge in [0.1, 0.15) is 12.1 Å². The summed E-state index contributed by atoms with van der Waals surface area (Å²) in [6, 6.07) is 13.4. The van der Waals surface area contributed by atoms with Crippen LogP contribution < -0.4 is 14.8 Å². The van der Waals surface area contributed by atoms with E-state index < -0.39 is 0 Å². The zero-order valence-electron chi connectivity index (χ0n) is 12.9. The van der Waals surface area contributed by atoms with Crippen molar-refractivity contribution in [2.45, 2.75) is 13.0 Å². The van der Waals surface area contributed by atoms with Gasteiger partial charge in [-0.05, 0) is 36.2 Å². The zero-order valence-corrected chi connectivity index (χ0v) is 12.9. The van der Waals surface area contributed by atoms with Crippen molar-refractivity contribution in [3.05, 3.63) is 48.0 Å². The smallest absolute Gasteiger partial charge is 0.241 e. The Hall–Kier alpha value is -3.09. The van der Waals surface area contributed by atoms with E-state index in [4.69, 9.17) is 9.47 Å². The molecular formula is C17H16N4O3. The molecule has 1 amide bonds. The molecular weight excluding hydrogens is 308 g/mol. The molecule has 2 heterocycles. The molecule has 1 aliphatic heterocycles. The number of nitrogens with one attached hydrogen (secondary N) is 1. The number of ether oxygens (including phenoxy) is 2. The molecule has 0 saturated heterocycles. The molecule has 1 N–H and O–H groups in total. The summed E-state index contributed by atoms with van der Waals surface area (Å²) in [5, 5.41) is 11.0. The standard InChI is InChI=1S/C17H16N4O3/c22-17(10-21-14-4-2-1-3-13(14)19-20-21)18-8-7-12-5-6-15-16(9-12)24-11-23-15/h1-6,9H,7-8,10-11H2,(H,18,22). The van der Waals surface area contributed by atoms with Gasteiger partial charge < -0.3 is 14.8 Å². The Balaban J connectivity index is 1.32. The number of amides is 1. The van der Waals surface area contributed by atoms with E-state index in [-0.39, 0.29) is 19.2 Å². The Morgan fingerprint density at radius 3 is 3.00 bits per heavy atom. The van der Waals surface area contributed by atoms with E-state index in [2.05, 4.69) is 15.6 Å². The molecule has 7 heteroatoms. The van der Waals surface area contributed by atoms with E-state index in [0.29, 0.717) is 6.54 Å². The summed E-state index contributed by atoms with van der Waals surface area (Å²) < 4.78 is 12.2. The molecule has 0 radical (unpaired) electrons. The van der Waals surface area contributed by atoms with Crippen LogP contribution in [0.2, 0.25) is 0 Å². The average molecular weight is 324 g/mol. The van der Waals surface area contributed by atoms with Crippen LogP contribution >= 0.6 is 0 Å². The van der Waals surface area contributed by atoms with Crippen molar-refractivity contribution in [2.75, 3.05) is 13.3 Å². The van der Waals surface area contributed by atoms with Gasteiger partial charge in [0.25, 0.3) is 0 Å². The van der Waals surface area contributed by atoms with Gasteiger partial charge in [0.2, 0.25) is 12.7 Å². The predicted molar refractivity (Wildman–Crippen MR) is 86.8 cm³/mol. The van der Waals surface area contributed by atoms with Gasteiger partial charge in [-0.25, -0.2) is 4.68 Å². The number of fused-ring (bicyclic) bond motifs is 2. The first-order chi connectivity index (χ1) is 11.8. The number of benzene rings is 2. The molecule has 0 fully saturated rings. The van der Waals surface area contributed by atoms with E-state index in [0.717, 1.165) is 34.5 Å². The number of carbonyl (C=O) groups is 1. The molecule has 1 aliphatic rings. The van der Waals surface area contributed by atoms with Crippen LogP contribution in [-0.2, 0) is 17.8 Å². The van der Waals surface area contributed by atoms with Gasteiger partial charge in [-0.3, -0.25) is 4.79 Å². The molecule has 0 unspecified atom stereocenters. The van der Waals surface area contributed by atoms with Crippen LogP contribution in [-0.4, -0.2) is 34.2 Å². The van der Waals surface area contributed by atoms with E-state index in [9.17, 15) is 4.79 Å². The summed E-state index contributed by atoms with van der Waals surface area (Å²) in [7, 11) is 0.